The van der Waals surface area contributed by atoms with Gasteiger partial charge in [0, 0.05) is 36.7 Å². The van der Waals surface area contributed by atoms with E-state index in [0.717, 1.165) is 44.7 Å². The summed E-state index contributed by atoms with van der Waals surface area (Å²) in [6.07, 6.45) is 2.15. The number of carbonyl (C=O) groups excluding carboxylic acids is 1. The molecule has 1 aromatic carbocycles. The van der Waals surface area contributed by atoms with Crippen LogP contribution in [-0.4, -0.2) is 93.1 Å². The average molecular weight is 552 g/mol. The molecule has 3 unspecified atom stereocenters. The van der Waals surface area contributed by atoms with E-state index in [1.54, 1.807) is 12.3 Å². The first-order valence-electron chi connectivity index (χ1n) is 12.6. The highest BCUT2D eigenvalue weighted by atomic mass is 35.5. The van der Waals surface area contributed by atoms with Crippen molar-refractivity contribution in [1.29, 1.82) is 0 Å². The Balaban J connectivity index is 0.000000342. The number of hydrogen-bond acceptors (Lipinski definition) is 9. The number of benzene rings is 1. The Hall–Kier alpha value is -2.83. The van der Waals surface area contributed by atoms with Gasteiger partial charge in [-0.25, -0.2) is 9.59 Å². The van der Waals surface area contributed by atoms with Gasteiger partial charge >= 0.3 is 11.9 Å². The van der Waals surface area contributed by atoms with E-state index in [4.69, 9.17) is 42.5 Å². The normalized spacial score (nSPS) is 19.9. The van der Waals surface area contributed by atoms with Crippen molar-refractivity contribution in [2.75, 3.05) is 38.6 Å². The molecule has 0 saturated carbocycles. The van der Waals surface area contributed by atoms with E-state index >= 15 is 0 Å². The quantitative estimate of drug-likeness (QED) is 0.227. The van der Waals surface area contributed by atoms with Crippen LogP contribution in [0.15, 0.2) is 24.4 Å². The molecule has 0 amide bonds. The number of Topliss-reactive ketones (excluding diaryl/α,β-unsaturated/α-hetero) is 1. The van der Waals surface area contributed by atoms with Crippen LogP contribution in [0, 0.1) is 11.8 Å². The van der Waals surface area contributed by atoms with Crippen LogP contribution < -0.4 is 5.73 Å². The van der Waals surface area contributed by atoms with Gasteiger partial charge in [0.25, 0.3) is 0 Å². The maximum atomic E-state index is 12.9. The zero-order valence-corrected chi connectivity index (χ0v) is 21.7. The third-order valence-electron chi connectivity index (χ3n) is 7.01. The number of hydrogen-bond donors (Lipinski definition) is 5. The lowest BCUT2D eigenvalue weighted by molar-refractivity contribution is -0.165. The molecular formula is C26H34ClN3O8. The molecule has 6 N–H and O–H groups in total. The highest BCUT2D eigenvalue weighted by molar-refractivity contribution is 6.35. The summed E-state index contributed by atoms with van der Waals surface area (Å²) >= 11 is 6.25. The van der Waals surface area contributed by atoms with Gasteiger partial charge in [0.05, 0.1) is 22.8 Å². The summed E-state index contributed by atoms with van der Waals surface area (Å²) in [5, 5.41) is 33.7. The first-order chi connectivity index (χ1) is 18.1. The van der Waals surface area contributed by atoms with Gasteiger partial charge in [-0.2, -0.15) is 0 Å². The molecule has 2 aliphatic rings. The minimum absolute atomic E-state index is 0.108. The summed E-state index contributed by atoms with van der Waals surface area (Å²) in [6.45, 7) is 5.26. The maximum absolute atomic E-state index is 12.9. The second-order valence-electron chi connectivity index (χ2n) is 9.72. The number of carboxylic acid groups (broad SMARTS) is 2. The molecule has 208 valence electrons. The number of aliphatic hydroxyl groups is 2. The average Bonchev–Trinajstić information content (AvgIpc) is 3.42. The number of pyridine rings is 1. The number of likely N-dealkylation sites (tertiary alicyclic amines) is 1. The standard InChI is InChI=1S/C22H28ClN3O2.C4H6O6/c23-19-12-18(22-17(21(19)24)2-1-8-25-22)20(27)4-3-15-5-9-26(10-6-15)13-16-7-11-28-14-16;5-1(3(7)8)2(6)4(9)10/h1-2,8,12,15-16H,3-7,9-11,13-14,24H2;1-2,5-6H,(H,7,8)(H,9,10). The van der Waals surface area contributed by atoms with Gasteiger partial charge in [-0.05, 0) is 68.8 Å². The topological polar surface area (TPSA) is 184 Å². The lowest BCUT2D eigenvalue weighted by Crippen LogP contribution is -2.39. The van der Waals surface area contributed by atoms with E-state index < -0.39 is 24.1 Å². The van der Waals surface area contributed by atoms with Gasteiger partial charge in [0.1, 0.15) is 0 Å². The van der Waals surface area contributed by atoms with Crippen LogP contribution in [0.25, 0.3) is 10.9 Å². The Morgan fingerprint density at radius 1 is 1.11 bits per heavy atom. The van der Waals surface area contributed by atoms with E-state index in [-0.39, 0.29) is 5.78 Å². The summed E-state index contributed by atoms with van der Waals surface area (Å²) in [4.78, 5) is 39.4. The molecule has 1 aromatic heterocycles. The van der Waals surface area contributed by atoms with Crippen LogP contribution in [-0.2, 0) is 14.3 Å². The van der Waals surface area contributed by atoms with Crippen LogP contribution in [0.5, 0.6) is 0 Å². The fourth-order valence-electron chi connectivity index (χ4n) is 4.74. The third-order valence-corrected chi connectivity index (χ3v) is 7.33. The Labute approximate surface area is 225 Å². The zero-order valence-electron chi connectivity index (χ0n) is 21.0. The number of anilines is 1. The Morgan fingerprint density at radius 3 is 2.34 bits per heavy atom. The number of nitrogen functional groups attached to an aromatic ring is 1. The molecule has 0 radical (unpaired) electrons. The first-order valence-corrected chi connectivity index (χ1v) is 12.9. The second kappa shape index (κ2) is 13.8. The van der Waals surface area contributed by atoms with Gasteiger partial charge in [-0.1, -0.05) is 11.6 Å². The molecule has 0 aliphatic carbocycles. The van der Waals surface area contributed by atoms with E-state index in [1.165, 1.54) is 19.3 Å². The van der Waals surface area contributed by atoms with Crippen molar-refractivity contribution in [2.24, 2.45) is 11.8 Å². The molecule has 2 aromatic rings. The summed E-state index contributed by atoms with van der Waals surface area (Å²) < 4.78 is 5.49. The number of fused-ring (bicyclic) bond motifs is 1. The smallest absolute Gasteiger partial charge is 0.335 e. The molecule has 3 atom stereocenters. The number of ketones is 1. The van der Waals surface area contributed by atoms with Gasteiger partial charge in [-0.3, -0.25) is 9.78 Å². The van der Waals surface area contributed by atoms with Crippen LogP contribution in [0.4, 0.5) is 5.69 Å². The zero-order chi connectivity index (χ0) is 27.8. The first kappa shape index (κ1) is 29.7. The van der Waals surface area contributed by atoms with Gasteiger partial charge in [0.2, 0.25) is 0 Å². The fourth-order valence-corrected chi connectivity index (χ4v) is 4.95. The van der Waals surface area contributed by atoms with E-state index in [1.807, 2.05) is 12.1 Å². The lowest BCUT2D eigenvalue weighted by Gasteiger charge is -2.33. The van der Waals surface area contributed by atoms with Crippen molar-refractivity contribution < 1.29 is 39.5 Å². The highest BCUT2D eigenvalue weighted by Crippen LogP contribution is 2.32. The molecule has 0 spiro atoms. The van der Waals surface area contributed by atoms with Crippen molar-refractivity contribution >= 4 is 45.9 Å². The number of aliphatic carboxylic acids is 2. The summed E-state index contributed by atoms with van der Waals surface area (Å²) in [7, 11) is 0. The molecule has 3 heterocycles. The largest absolute Gasteiger partial charge is 0.479 e. The third kappa shape index (κ3) is 7.84. The van der Waals surface area contributed by atoms with Crippen molar-refractivity contribution in [2.45, 2.75) is 44.3 Å². The van der Waals surface area contributed by atoms with E-state index in [9.17, 15) is 14.4 Å². The monoisotopic (exact) mass is 551 g/mol. The molecule has 2 aliphatic heterocycles. The predicted octanol–water partition coefficient (Wildman–Crippen LogP) is 2.06. The molecule has 38 heavy (non-hydrogen) atoms. The number of carbonyl (C=O) groups is 3. The summed E-state index contributed by atoms with van der Waals surface area (Å²) in [5.74, 6) is -2.11. The molecule has 12 heteroatoms. The van der Waals surface area contributed by atoms with Gasteiger partial charge < -0.3 is 35.8 Å². The lowest BCUT2D eigenvalue weighted by atomic mass is 9.89. The molecule has 2 fully saturated rings. The minimum atomic E-state index is -2.27. The van der Waals surface area contributed by atoms with E-state index in [2.05, 4.69) is 9.88 Å². The summed E-state index contributed by atoms with van der Waals surface area (Å²) in [5.41, 5.74) is 7.79. The van der Waals surface area contributed by atoms with Crippen molar-refractivity contribution in [1.82, 2.24) is 9.88 Å². The molecule has 0 bridgehead atoms. The highest BCUT2D eigenvalue weighted by Gasteiger charge is 2.29. The number of ether oxygens (including phenoxy) is 1. The number of carboxylic acids is 2. The van der Waals surface area contributed by atoms with Crippen molar-refractivity contribution in [3.63, 3.8) is 0 Å². The molecule has 11 nitrogen and oxygen atoms in total. The molecular weight excluding hydrogens is 518 g/mol. The number of nitrogens with two attached hydrogens (primary N) is 1. The van der Waals surface area contributed by atoms with Crippen LogP contribution in [0.3, 0.4) is 0 Å². The molecule has 2 saturated heterocycles. The van der Waals surface area contributed by atoms with Crippen LogP contribution >= 0.6 is 11.6 Å². The van der Waals surface area contributed by atoms with E-state index in [0.29, 0.717) is 40.0 Å². The molecule has 4 rings (SSSR count). The van der Waals surface area contributed by atoms with Crippen LogP contribution in [0.1, 0.15) is 42.5 Å². The fraction of sp³-hybridized carbons (Fsp3) is 0.538. The van der Waals surface area contributed by atoms with Crippen LogP contribution in [0.2, 0.25) is 5.02 Å². The number of rotatable bonds is 9. The van der Waals surface area contributed by atoms with Gasteiger partial charge in [0.15, 0.2) is 18.0 Å². The van der Waals surface area contributed by atoms with Crippen molar-refractivity contribution in [3.8, 4) is 0 Å². The Morgan fingerprint density at radius 2 is 1.76 bits per heavy atom. The Bertz CT molecular complexity index is 1110. The number of piperidine rings is 1. The number of halogens is 1. The Kier molecular flexibility index (Phi) is 10.8. The second-order valence-corrected chi connectivity index (χ2v) is 10.1. The predicted molar refractivity (Wildman–Crippen MR) is 140 cm³/mol. The maximum Gasteiger partial charge on any atom is 0.335 e. The SMILES string of the molecule is Nc1c(Cl)cc(C(=O)CCC2CCN(CC3CCOC3)CC2)c2ncccc12.O=C(O)C(O)C(O)C(=O)O. The number of nitrogens with zero attached hydrogens (tertiary/aromatic N) is 2. The minimum Gasteiger partial charge on any atom is -0.479 e. The van der Waals surface area contributed by atoms with Crippen molar-refractivity contribution in [3.05, 3.63) is 35.0 Å². The number of aromatic nitrogens is 1. The number of aliphatic hydroxyl groups excluding tert-OH is 2. The van der Waals surface area contributed by atoms with Gasteiger partial charge in [-0.15, -0.1) is 0 Å². The summed E-state index contributed by atoms with van der Waals surface area (Å²) in [6, 6.07) is 5.36.